The summed E-state index contributed by atoms with van der Waals surface area (Å²) in [5.41, 5.74) is -1.27. The molecule has 0 saturated heterocycles. The molecule has 0 bridgehead atoms. The third kappa shape index (κ3) is 4.79. The van der Waals surface area contributed by atoms with Crippen LogP contribution in [0.15, 0.2) is 18.2 Å². The lowest BCUT2D eigenvalue weighted by Gasteiger charge is -2.15. The maximum Gasteiger partial charge on any atom is 0.416 e. The molecule has 0 fully saturated rings. The van der Waals surface area contributed by atoms with Crippen LogP contribution in [-0.4, -0.2) is 14.7 Å². The molecule has 0 N–H and O–H groups in total. The molecule has 1 unspecified atom stereocenters. The van der Waals surface area contributed by atoms with Crippen molar-refractivity contribution in [2.75, 3.05) is 6.26 Å². The summed E-state index contributed by atoms with van der Waals surface area (Å²) in [6.45, 7) is 0.196. The van der Waals surface area contributed by atoms with Gasteiger partial charge in [-0.15, -0.1) is 0 Å². The molecule has 1 atom stereocenters. The Morgan fingerprint density at radius 1 is 1.26 bits per heavy atom. The van der Waals surface area contributed by atoms with E-state index in [1.54, 1.807) is 0 Å². The molecule has 0 aliphatic heterocycles. The van der Waals surface area contributed by atoms with Crippen molar-refractivity contribution >= 4 is 10.1 Å². The van der Waals surface area contributed by atoms with Gasteiger partial charge in [0.25, 0.3) is 10.1 Å². The SMILES string of the molecule is CC(OS(C)(=O)=O)c1cc(CF)cc(C(F)(F)F)c1. The van der Waals surface area contributed by atoms with Gasteiger partial charge in [0.15, 0.2) is 0 Å². The van der Waals surface area contributed by atoms with Gasteiger partial charge in [-0.1, -0.05) is 6.07 Å². The Labute approximate surface area is 108 Å². The largest absolute Gasteiger partial charge is 0.416 e. The van der Waals surface area contributed by atoms with Crippen LogP contribution in [0, 0.1) is 0 Å². The second-order valence-electron chi connectivity index (χ2n) is 4.04. The van der Waals surface area contributed by atoms with Crippen LogP contribution in [0.5, 0.6) is 0 Å². The van der Waals surface area contributed by atoms with Gasteiger partial charge in [0.1, 0.15) is 6.67 Å². The quantitative estimate of drug-likeness (QED) is 0.633. The maximum atomic E-state index is 12.6. The number of rotatable bonds is 4. The molecule has 1 aromatic carbocycles. The van der Waals surface area contributed by atoms with Crippen LogP contribution in [0.25, 0.3) is 0 Å². The third-order valence-corrected chi connectivity index (χ3v) is 2.92. The number of hydrogen-bond donors (Lipinski definition) is 0. The van der Waals surface area contributed by atoms with Crippen molar-refractivity contribution in [3.05, 3.63) is 34.9 Å². The monoisotopic (exact) mass is 300 g/mol. The second kappa shape index (κ2) is 5.46. The van der Waals surface area contributed by atoms with Crippen LogP contribution >= 0.6 is 0 Å². The molecule has 1 rings (SSSR count). The highest BCUT2D eigenvalue weighted by Gasteiger charge is 2.31. The Hall–Kier alpha value is -1.15. The molecule has 0 amide bonds. The van der Waals surface area contributed by atoms with Gasteiger partial charge in [0.05, 0.1) is 17.9 Å². The zero-order valence-corrected chi connectivity index (χ0v) is 11.0. The maximum absolute atomic E-state index is 12.6. The first-order valence-electron chi connectivity index (χ1n) is 5.18. The summed E-state index contributed by atoms with van der Waals surface area (Å²) in [4.78, 5) is 0. The zero-order chi connectivity index (χ0) is 14.8. The van der Waals surface area contributed by atoms with E-state index in [4.69, 9.17) is 0 Å². The van der Waals surface area contributed by atoms with Gasteiger partial charge in [-0.05, 0) is 30.2 Å². The standard InChI is InChI=1S/C11H12F4O3S/c1-7(18-19(2,16)17)9-3-8(6-12)4-10(5-9)11(13,14)15/h3-5,7H,6H2,1-2H3. The lowest BCUT2D eigenvalue weighted by Crippen LogP contribution is -2.11. The van der Waals surface area contributed by atoms with E-state index < -0.39 is 34.6 Å². The van der Waals surface area contributed by atoms with Gasteiger partial charge in [0, 0.05) is 0 Å². The Morgan fingerprint density at radius 3 is 2.26 bits per heavy atom. The summed E-state index contributed by atoms with van der Waals surface area (Å²) in [6.07, 6.45) is -4.97. The smallest absolute Gasteiger partial charge is 0.262 e. The Bertz CT molecular complexity index is 552. The van der Waals surface area contributed by atoms with Crippen LogP contribution in [0.1, 0.15) is 29.7 Å². The minimum Gasteiger partial charge on any atom is -0.262 e. The summed E-state index contributed by atoms with van der Waals surface area (Å²) < 4.78 is 76.8. The first-order chi connectivity index (χ1) is 8.53. The molecule has 8 heteroatoms. The van der Waals surface area contributed by atoms with Crippen molar-refractivity contribution in [1.29, 1.82) is 0 Å². The molecule has 0 heterocycles. The summed E-state index contributed by atoms with van der Waals surface area (Å²) in [5, 5.41) is 0. The molecule has 0 aliphatic carbocycles. The van der Waals surface area contributed by atoms with E-state index in [1.807, 2.05) is 0 Å². The van der Waals surface area contributed by atoms with Crippen molar-refractivity contribution < 1.29 is 30.2 Å². The number of benzene rings is 1. The van der Waals surface area contributed by atoms with Crippen molar-refractivity contribution in [3.8, 4) is 0 Å². The Balaban J connectivity index is 3.21. The van der Waals surface area contributed by atoms with E-state index in [0.717, 1.165) is 18.4 Å². The lowest BCUT2D eigenvalue weighted by molar-refractivity contribution is -0.137. The Morgan fingerprint density at radius 2 is 1.84 bits per heavy atom. The fraction of sp³-hybridized carbons (Fsp3) is 0.455. The average Bonchev–Trinajstić information content (AvgIpc) is 2.25. The molecule has 0 aliphatic rings. The molecule has 3 nitrogen and oxygen atoms in total. The third-order valence-electron chi connectivity index (χ3n) is 2.29. The molecule has 0 saturated carbocycles. The second-order valence-corrected chi connectivity index (χ2v) is 5.64. The van der Waals surface area contributed by atoms with Gasteiger partial charge in [-0.3, -0.25) is 4.18 Å². The van der Waals surface area contributed by atoms with Gasteiger partial charge < -0.3 is 0 Å². The van der Waals surface area contributed by atoms with Gasteiger partial charge in [0.2, 0.25) is 0 Å². The van der Waals surface area contributed by atoms with Crippen molar-refractivity contribution in [3.63, 3.8) is 0 Å². The summed E-state index contributed by atoms with van der Waals surface area (Å²) in [7, 11) is -3.81. The summed E-state index contributed by atoms with van der Waals surface area (Å²) >= 11 is 0. The molecule has 0 aromatic heterocycles. The minimum absolute atomic E-state index is 0.0482. The lowest BCUT2D eigenvalue weighted by atomic mass is 10.0. The van der Waals surface area contributed by atoms with Gasteiger partial charge in [-0.2, -0.15) is 21.6 Å². The molecule has 0 radical (unpaired) electrons. The first kappa shape index (κ1) is 15.9. The predicted molar refractivity (Wildman–Crippen MR) is 60.6 cm³/mol. The van der Waals surface area contributed by atoms with Gasteiger partial charge in [-0.25, -0.2) is 4.39 Å². The van der Waals surface area contributed by atoms with E-state index in [1.165, 1.54) is 6.92 Å². The van der Waals surface area contributed by atoms with E-state index >= 15 is 0 Å². The van der Waals surface area contributed by atoms with Crippen molar-refractivity contribution in [2.45, 2.75) is 25.9 Å². The van der Waals surface area contributed by atoms with Crippen molar-refractivity contribution in [1.82, 2.24) is 0 Å². The fourth-order valence-corrected chi connectivity index (χ4v) is 2.15. The van der Waals surface area contributed by atoms with Crippen LogP contribution in [0.2, 0.25) is 0 Å². The number of hydrogen-bond acceptors (Lipinski definition) is 3. The topological polar surface area (TPSA) is 43.4 Å². The average molecular weight is 300 g/mol. The van der Waals surface area contributed by atoms with Crippen molar-refractivity contribution in [2.24, 2.45) is 0 Å². The highest BCUT2D eigenvalue weighted by molar-refractivity contribution is 7.86. The first-order valence-corrected chi connectivity index (χ1v) is 7.00. The number of halogens is 4. The molecule has 108 valence electrons. The molecule has 1 aromatic rings. The minimum atomic E-state index is -4.63. The fourth-order valence-electron chi connectivity index (χ4n) is 1.51. The van der Waals surface area contributed by atoms with Crippen LogP contribution in [0.3, 0.4) is 0 Å². The summed E-state index contributed by atoms with van der Waals surface area (Å²) in [6, 6.07) is 2.57. The zero-order valence-electron chi connectivity index (χ0n) is 10.2. The molecule has 19 heavy (non-hydrogen) atoms. The predicted octanol–water partition coefficient (Wildman–Crippen LogP) is 3.21. The van der Waals surface area contributed by atoms with Gasteiger partial charge >= 0.3 is 6.18 Å². The highest BCUT2D eigenvalue weighted by atomic mass is 32.2. The molecular weight excluding hydrogens is 288 g/mol. The van der Waals surface area contributed by atoms with E-state index in [0.29, 0.717) is 6.07 Å². The van der Waals surface area contributed by atoms with E-state index in [2.05, 4.69) is 4.18 Å². The normalized spacial score (nSPS) is 14.4. The number of alkyl halides is 4. The Kier molecular flexibility index (Phi) is 4.57. The van der Waals surface area contributed by atoms with Crippen LogP contribution < -0.4 is 0 Å². The highest BCUT2D eigenvalue weighted by Crippen LogP contribution is 2.33. The molecular formula is C11H12F4O3S. The molecule has 0 spiro atoms. The van der Waals surface area contributed by atoms with Crippen LogP contribution in [0.4, 0.5) is 17.6 Å². The van der Waals surface area contributed by atoms with Crippen LogP contribution in [-0.2, 0) is 27.2 Å². The summed E-state index contributed by atoms with van der Waals surface area (Å²) in [5.74, 6) is 0. The van der Waals surface area contributed by atoms with E-state index in [9.17, 15) is 26.0 Å². The van der Waals surface area contributed by atoms with E-state index in [-0.39, 0.29) is 11.1 Å².